The number of pyridine rings is 1. The van der Waals surface area contributed by atoms with Crippen LogP contribution < -0.4 is 41.5 Å². The molecule has 1 aliphatic heterocycles. The second kappa shape index (κ2) is 22.1. The molecule has 16 rings (SSSR count). The molecule has 12 aromatic carbocycles. The first-order valence-electron chi connectivity index (χ1n) is 29.8. The number of rotatable bonds is 11. The molecule has 420 valence electrons. The highest BCUT2D eigenvalue weighted by molar-refractivity contribution is 7.16. The maximum Gasteiger partial charge on any atom is 0.390 e. The van der Waals surface area contributed by atoms with Gasteiger partial charge >= 0.3 is 34.2 Å². The smallest absolute Gasteiger partial charge is 0.390 e. The molecule has 1 fully saturated rings. The van der Waals surface area contributed by atoms with Crippen molar-refractivity contribution in [2.24, 2.45) is 0 Å². The Morgan fingerprint density at radius 2 is 0.489 bits per heavy atom. The van der Waals surface area contributed by atoms with E-state index < -0.39 is 34.2 Å². The number of nitrogens with zero attached hydrogens (tertiary/aromatic N) is 3. The van der Waals surface area contributed by atoms with Gasteiger partial charge in [0, 0.05) is 33.2 Å². The molecule has 0 aliphatic carbocycles. The Labute approximate surface area is 515 Å². The summed E-state index contributed by atoms with van der Waals surface area (Å²) in [5.74, 6) is 0.787. The van der Waals surface area contributed by atoms with Crippen molar-refractivity contribution >= 4 is 119 Å². The highest BCUT2D eigenvalue weighted by atomic mass is 28.5. The molecule has 3 aromatic heterocycles. The van der Waals surface area contributed by atoms with Crippen LogP contribution in [0.5, 0.6) is 0 Å². The molecule has 0 unspecified atom stereocenters. The third kappa shape index (κ3) is 8.86. The summed E-state index contributed by atoms with van der Waals surface area (Å²) in [5, 5.41) is 12.0. The van der Waals surface area contributed by atoms with Crippen LogP contribution in [0.1, 0.15) is 0 Å². The Balaban J connectivity index is 1.03. The Kier molecular flexibility index (Phi) is 13.5. The molecule has 7 nitrogen and oxygen atoms in total. The summed E-state index contributed by atoms with van der Waals surface area (Å²) in [4.78, 5) is 5.82. The molecule has 11 heteroatoms. The van der Waals surface area contributed by atoms with Crippen LogP contribution in [0.25, 0.3) is 66.4 Å². The van der Waals surface area contributed by atoms with E-state index >= 15 is 0 Å². The van der Waals surface area contributed by atoms with Gasteiger partial charge in [0.05, 0.1) is 33.4 Å². The van der Waals surface area contributed by atoms with Gasteiger partial charge in [0.1, 0.15) is 5.82 Å². The summed E-state index contributed by atoms with van der Waals surface area (Å²) >= 11 is 0. The fraction of sp³-hybridized carbons (Fsp3) is 0. The predicted molar refractivity (Wildman–Crippen MR) is 368 cm³/mol. The molecule has 0 radical (unpaired) electrons. The van der Waals surface area contributed by atoms with E-state index in [4.69, 9.17) is 21.4 Å². The average molecular weight is 1200 g/mol. The Morgan fingerprint density at radius 1 is 0.227 bits per heavy atom. The van der Waals surface area contributed by atoms with E-state index in [9.17, 15) is 0 Å². The Bertz CT molecular complexity index is 4550. The van der Waals surface area contributed by atoms with Gasteiger partial charge in [-0.2, -0.15) is 0 Å². The van der Waals surface area contributed by atoms with Gasteiger partial charge in [-0.15, -0.1) is 0 Å². The van der Waals surface area contributed by atoms with Crippen molar-refractivity contribution in [2.45, 2.75) is 0 Å². The zero-order valence-corrected chi connectivity index (χ0v) is 51.9. The molecule has 0 N–H and O–H groups in total. The molecule has 0 atom stereocenters. The molecule has 15 aromatic rings. The molecule has 0 spiro atoms. The lowest BCUT2D eigenvalue weighted by atomic mass is 10.1. The van der Waals surface area contributed by atoms with Crippen LogP contribution in [0.2, 0.25) is 0 Å². The van der Waals surface area contributed by atoms with Crippen molar-refractivity contribution in [2.75, 3.05) is 0 Å². The summed E-state index contributed by atoms with van der Waals surface area (Å²) in [6, 6.07) is 122. The van der Waals surface area contributed by atoms with Crippen LogP contribution in [-0.2, 0) is 16.5 Å². The minimum atomic E-state index is -4.37. The van der Waals surface area contributed by atoms with Crippen LogP contribution >= 0.6 is 0 Å². The molecule has 0 bridgehead atoms. The quantitative estimate of drug-likeness (QED) is 0.121. The summed E-state index contributed by atoms with van der Waals surface area (Å²) in [7, 11) is -16.9. The van der Waals surface area contributed by atoms with Crippen LogP contribution in [0.4, 0.5) is 0 Å². The largest absolute Gasteiger partial charge is 0.402 e. The van der Waals surface area contributed by atoms with E-state index in [1.54, 1.807) is 0 Å². The summed E-state index contributed by atoms with van der Waals surface area (Å²) in [5.41, 5.74) is 6.98. The molecule has 88 heavy (non-hydrogen) atoms. The number of fused-ring (bicyclic) bond motifs is 6. The fourth-order valence-corrected chi connectivity index (χ4v) is 35.9. The van der Waals surface area contributed by atoms with Gasteiger partial charge in [-0.05, 0) is 77.9 Å². The summed E-state index contributed by atoms with van der Waals surface area (Å²) in [6.07, 6.45) is 0. The molecule has 1 saturated heterocycles. The van der Waals surface area contributed by atoms with E-state index in [0.29, 0.717) is 0 Å². The second-order valence-electron chi connectivity index (χ2n) is 22.3. The van der Waals surface area contributed by atoms with E-state index in [1.807, 2.05) is 0 Å². The molecule has 0 amide bonds. The molecular weight excluding hydrogens is 1140 g/mol. The van der Waals surface area contributed by atoms with Gasteiger partial charge in [0.15, 0.2) is 0 Å². The standard InChI is InChI=1S/C77H57N3O4Si4/c1-8-32-60(33-9-1)85(61-34-10-2-11-35-61)81-86(62-36-12-3-13-37-62,63-38-14-4-15-39-63)83-88(66-44-20-7-21-45-66,84-87(82-85,64-40-16-5-17-41-64)65-42-18-6-19-43-65)67-46-30-31-58(55-67)72-56-59(79-73-51-26-22-47-68(73)69-48-23-27-52-74(69)79)57-77(78-72)80-75-53-28-24-49-70(75)71-50-25-29-54-76(71)80/h1-57H. The maximum absolute atomic E-state index is 8.95. The Morgan fingerprint density at radius 3 is 0.807 bits per heavy atom. The van der Waals surface area contributed by atoms with Crippen molar-refractivity contribution < 1.29 is 16.5 Å². The first-order chi connectivity index (χ1) is 43.5. The number of benzene rings is 12. The van der Waals surface area contributed by atoms with Gasteiger partial charge in [-0.3, -0.25) is 4.57 Å². The number of para-hydroxylation sites is 4. The van der Waals surface area contributed by atoms with Crippen molar-refractivity contribution in [3.05, 3.63) is 346 Å². The highest BCUT2D eigenvalue weighted by Crippen LogP contribution is 2.38. The van der Waals surface area contributed by atoms with E-state index in [1.165, 1.54) is 10.8 Å². The normalized spacial score (nSPS) is 15.2. The lowest BCUT2D eigenvalue weighted by Crippen LogP contribution is -2.88. The lowest BCUT2D eigenvalue weighted by molar-refractivity contribution is 0.268. The van der Waals surface area contributed by atoms with Crippen LogP contribution in [0.3, 0.4) is 0 Å². The van der Waals surface area contributed by atoms with E-state index in [2.05, 4.69) is 355 Å². The monoisotopic (exact) mass is 1200 g/mol. The minimum absolute atomic E-state index is 0.775. The topological polar surface area (TPSA) is 59.7 Å². The third-order valence-electron chi connectivity index (χ3n) is 17.2. The van der Waals surface area contributed by atoms with Crippen molar-refractivity contribution in [1.82, 2.24) is 14.1 Å². The third-order valence-corrected chi connectivity index (χ3v) is 35.1. The average Bonchev–Trinajstić information content (AvgIpc) is 0.967. The Hall–Kier alpha value is -9.90. The number of hydrogen-bond donors (Lipinski definition) is 0. The number of hydrogen-bond acceptors (Lipinski definition) is 5. The zero-order valence-electron chi connectivity index (χ0n) is 47.9. The van der Waals surface area contributed by atoms with Gasteiger partial charge < -0.3 is 21.0 Å². The van der Waals surface area contributed by atoms with Gasteiger partial charge in [0.2, 0.25) is 0 Å². The van der Waals surface area contributed by atoms with Crippen molar-refractivity contribution in [3.63, 3.8) is 0 Å². The van der Waals surface area contributed by atoms with Crippen LogP contribution in [-0.4, -0.2) is 48.4 Å². The molecule has 1 aliphatic rings. The highest BCUT2D eigenvalue weighted by Gasteiger charge is 2.68. The van der Waals surface area contributed by atoms with Crippen molar-refractivity contribution in [3.8, 4) is 22.8 Å². The van der Waals surface area contributed by atoms with E-state index in [-0.39, 0.29) is 0 Å². The summed E-state index contributed by atoms with van der Waals surface area (Å²) in [6.45, 7) is 0. The van der Waals surface area contributed by atoms with Crippen LogP contribution in [0, 0.1) is 0 Å². The second-order valence-corrected chi connectivity index (χ2v) is 35.1. The molecule has 4 heterocycles. The molecule has 0 saturated carbocycles. The minimum Gasteiger partial charge on any atom is -0.402 e. The fourth-order valence-electron chi connectivity index (χ4n) is 13.3. The predicted octanol–water partition coefficient (Wildman–Crippen LogP) is 12.3. The first kappa shape index (κ1) is 53.6. The maximum atomic E-state index is 8.95. The SMILES string of the molecule is c1ccc([Si]2(c3ccccc3)O[Si](c3ccccc3)(c3ccccc3)O[Si](c3ccccc3)(c3cccc(-c4cc(-n5c6ccccc6c6ccccc65)cc(-n5c6ccccc6c6ccccc65)n4)c3)O[Si](c3ccccc3)(c3ccccc3)O2)cc1. The summed E-state index contributed by atoms with van der Waals surface area (Å²) < 4.78 is 40.2. The van der Waals surface area contributed by atoms with E-state index in [0.717, 1.165) is 97.1 Å². The first-order valence-corrected chi connectivity index (χ1v) is 37.1. The zero-order chi connectivity index (χ0) is 58.5. The van der Waals surface area contributed by atoms with Crippen molar-refractivity contribution in [1.29, 1.82) is 0 Å². The lowest BCUT2D eigenvalue weighted by Gasteiger charge is -2.53. The van der Waals surface area contributed by atoms with Gasteiger partial charge in [-0.25, -0.2) is 4.98 Å². The van der Waals surface area contributed by atoms with Gasteiger partial charge in [0.25, 0.3) is 0 Å². The number of aromatic nitrogens is 3. The van der Waals surface area contributed by atoms with Crippen LogP contribution in [0.15, 0.2) is 346 Å². The molecular formula is C77H57N3O4Si4. The van der Waals surface area contributed by atoms with Gasteiger partial charge in [-0.1, -0.05) is 303 Å².